The topological polar surface area (TPSA) is 69.0 Å². The molecule has 2 aromatic carbocycles. The number of methoxy groups -OCH3 is 1. The third-order valence-electron chi connectivity index (χ3n) is 3.91. The van der Waals surface area contributed by atoms with Gasteiger partial charge in [-0.2, -0.15) is 5.10 Å². The van der Waals surface area contributed by atoms with Gasteiger partial charge in [0.25, 0.3) is 0 Å². The number of ether oxygens (including phenoxy) is 1. The van der Waals surface area contributed by atoms with Crippen LogP contribution in [0.2, 0.25) is 0 Å². The van der Waals surface area contributed by atoms with Crippen LogP contribution in [0.1, 0.15) is 17.2 Å². The fourth-order valence-corrected chi connectivity index (χ4v) is 2.62. The lowest BCUT2D eigenvalue weighted by atomic mass is 10.1. The Morgan fingerprint density at radius 1 is 1.19 bits per heavy atom. The van der Waals surface area contributed by atoms with Crippen molar-refractivity contribution in [3.63, 3.8) is 0 Å². The first kappa shape index (κ1) is 17.4. The molecular weight excluding hydrogens is 328 g/mol. The van der Waals surface area contributed by atoms with E-state index in [1.165, 1.54) is 12.4 Å². The number of para-hydroxylation sites is 1. The molecular formula is C20H20N4O2. The second kappa shape index (κ2) is 8.62. The molecule has 1 aromatic heterocycles. The van der Waals surface area contributed by atoms with Gasteiger partial charge < -0.3 is 10.1 Å². The van der Waals surface area contributed by atoms with Gasteiger partial charge in [-0.05, 0) is 17.7 Å². The first-order valence-electron chi connectivity index (χ1n) is 8.25. The Balaban J connectivity index is 1.73. The number of rotatable bonds is 7. The minimum absolute atomic E-state index is 0.190. The Morgan fingerprint density at radius 3 is 2.69 bits per heavy atom. The predicted molar refractivity (Wildman–Crippen MR) is 99.4 cm³/mol. The third kappa shape index (κ3) is 4.57. The van der Waals surface area contributed by atoms with Crippen molar-refractivity contribution in [3.8, 4) is 5.75 Å². The summed E-state index contributed by atoms with van der Waals surface area (Å²) in [4.78, 5) is 16.4. The average molecular weight is 348 g/mol. The van der Waals surface area contributed by atoms with Crippen LogP contribution in [0.5, 0.6) is 5.75 Å². The summed E-state index contributed by atoms with van der Waals surface area (Å²) in [7, 11) is 1.61. The molecule has 0 fully saturated rings. The highest BCUT2D eigenvalue weighted by atomic mass is 16.5. The van der Waals surface area contributed by atoms with Gasteiger partial charge in [-0.3, -0.25) is 9.48 Å². The van der Waals surface area contributed by atoms with Crippen LogP contribution in [-0.4, -0.2) is 27.8 Å². The molecule has 6 heteroatoms. The zero-order chi connectivity index (χ0) is 18.2. The number of nitrogens with one attached hydrogen (secondary N) is 1. The van der Waals surface area contributed by atoms with Gasteiger partial charge in [-0.15, -0.1) is 0 Å². The highest BCUT2D eigenvalue weighted by molar-refractivity contribution is 5.92. The van der Waals surface area contributed by atoms with E-state index < -0.39 is 0 Å². The summed E-state index contributed by atoms with van der Waals surface area (Å²) in [6.45, 7) is 0.498. The maximum absolute atomic E-state index is 12.4. The summed E-state index contributed by atoms with van der Waals surface area (Å²) in [6.07, 6.45) is 6.36. The monoisotopic (exact) mass is 348 g/mol. The Hall–Kier alpha value is -3.41. The summed E-state index contributed by atoms with van der Waals surface area (Å²) in [6, 6.07) is 17.1. The quantitative estimate of drug-likeness (QED) is 0.667. The molecule has 26 heavy (non-hydrogen) atoms. The van der Waals surface area contributed by atoms with E-state index in [1.54, 1.807) is 24.2 Å². The van der Waals surface area contributed by atoms with E-state index in [4.69, 9.17) is 4.74 Å². The lowest BCUT2D eigenvalue weighted by Crippen LogP contribution is -2.30. The number of carbonyl (C=O) groups is 1. The first-order valence-corrected chi connectivity index (χ1v) is 8.25. The first-order chi connectivity index (χ1) is 12.8. The van der Waals surface area contributed by atoms with Gasteiger partial charge in [-0.1, -0.05) is 48.5 Å². The molecule has 1 atom stereocenters. The summed E-state index contributed by atoms with van der Waals surface area (Å²) in [5.74, 6) is 0.531. The average Bonchev–Trinajstić information content (AvgIpc) is 3.20. The molecule has 6 nitrogen and oxygen atoms in total. The molecule has 0 aliphatic rings. The highest BCUT2D eigenvalue weighted by Gasteiger charge is 2.14. The van der Waals surface area contributed by atoms with Crippen LogP contribution in [0, 0.1) is 0 Å². The molecule has 132 valence electrons. The summed E-state index contributed by atoms with van der Waals surface area (Å²) in [5.41, 5.74) is 1.85. The summed E-state index contributed by atoms with van der Waals surface area (Å²) in [5, 5.41) is 7.15. The molecule has 0 saturated heterocycles. The van der Waals surface area contributed by atoms with Gasteiger partial charge in [0.15, 0.2) is 0 Å². The molecule has 3 rings (SSSR count). The Labute approximate surface area is 152 Å². The lowest BCUT2D eigenvalue weighted by Gasteiger charge is -2.18. The van der Waals surface area contributed by atoms with E-state index in [0.717, 1.165) is 16.9 Å². The molecule has 1 N–H and O–H groups in total. The van der Waals surface area contributed by atoms with Gasteiger partial charge >= 0.3 is 0 Å². The third-order valence-corrected chi connectivity index (χ3v) is 3.91. The number of aromatic nitrogens is 3. The molecule has 0 bridgehead atoms. The number of amides is 1. The zero-order valence-electron chi connectivity index (χ0n) is 14.4. The maximum atomic E-state index is 12.4. The van der Waals surface area contributed by atoms with E-state index in [-0.39, 0.29) is 11.9 Å². The maximum Gasteiger partial charge on any atom is 0.244 e. The largest absolute Gasteiger partial charge is 0.496 e. The normalized spacial score (nSPS) is 12.0. The Bertz CT molecular complexity index is 861. The standard InChI is InChI=1S/C20H20N4O2/c1-26-19-10-6-5-9-17(19)11-12-20(25)23-18(13-24-15-21-14-22-24)16-7-3-2-4-8-16/h2-12,14-15,18H,13H2,1H3,(H,23,25)/b12-11+. The SMILES string of the molecule is COc1ccccc1/C=C/C(=O)NC(Cn1cncn1)c1ccccc1. The molecule has 1 amide bonds. The molecule has 0 spiro atoms. The lowest BCUT2D eigenvalue weighted by molar-refractivity contribution is -0.117. The van der Waals surface area contributed by atoms with Crippen LogP contribution in [0.15, 0.2) is 73.3 Å². The number of hydrogen-bond acceptors (Lipinski definition) is 4. The van der Waals surface area contributed by atoms with Crippen molar-refractivity contribution in [2.75, 3.05) is 7.11 Å². The van der Waals surface area contributed by atoms with E-state index >= 15 is 0 Å². The van der Waals surface area contributed by atoms with E-state index in [1.807, 2.05) is 54.6 Å². The molecule has 0 aliphatic carbocycles. The summed E-state index contributed by atoms with van der Waals surface area (Å²) >= 11 is 0. The second-order valence-electron chi connectivity index (χ2n) is 5.66. The van der Waals surface area contributed by atoms with Crippen LogP contribution in [0.4, 0.5) is 0 Å². The second-order valence-corrected chi connectivity index (χ2v) is 5.66. The van der Waals surface area contributed by atoms with Crippen molar-refractivity contribution in [3.05, 3.63) is 84.5 Å². The van der Waals surface area contributed by atoms with Crippen LogP contribution >= 0.6 is 0 Å². The van der Waals surface area contributed by atoms with Gasteiger partial charge in [0.2, 0.25) is 5.91 Å². The van der Waals surface area contributed by atoms with Crippen molar-refractivity contribution < 1.29 is 9.53 Å². The fraction of sp³-hybridized carbons (Fsp3) is 0.150. The van der Waals surface area contributed by atoms with Gasteiger partial charge in [-0.25, -0.2) is 4.98 Å². The molecule has 1 unspecified atom stereocenters. The number of benzene rings is 2. The van der Waals surface area contributed by atoms with Crippen LogP contribution < -0.4 is 10.1 Å². The van der Waals surface area contributed by atoms with E-state index in [0.29, 0.717) is 6.54 Å². The van der Waals surface area contributed by atoms with E-state index in [2.05, 4.69) is 15.4 Å². The highest BCUT2D eigenvalue weighted by Crippen LogP contribution is 2.19. The van der Waals surface area contributed by atoms with Crippen molar-refractivity contribution in [2.24, 2.45) is 0 Å². The molecule has 3 aromatic rings. The van der Waals surface area contributed by atoms with Gasteiger partial charge in [0.05, 0.1) is 19.7 Å². The minimum atomic E-state index is -0.215. The van der Waals surface area contributed by atoms with Crippen molar-refractivity contribution in [1.29, 1.82) is 0 Å². The predicted octanol–water partition coefficient (Wildman–Crippen LogP) is 2.86. The minimum Gasteiger partial charge on any atom is -0.496 e. The smallest absolute Gasteiger partial charge is 0.244 e. The summed E-state index contributed by atoms with van der Waals surface area (Å²) < 4.78 is 6.99. The number of carbonyl (C=O) groups excluding carboxylic acids is 1. The molecule has 1 heterocycles. The van der Waals surface area contributed by atoms with Crippen LogP contribution in [0.25, 0.3) is 6.08 Å². The van der Waals surface area contributed by atoms with Gasteiger partial charge in [0, 0.05) is 11.6 Å². The zero-order valence-corrected chi connectivity index (χ0v) is 14.4. The Kier molecular flexibility index (Phi) is 5.77. The van der Waals surface area contributed by atoms with Crippen LogP contribution in [-0.2, 0) is 11.3 Å². The van der Waals surface area contributed by atoms with Crippen LogP contribution in [0.3, 0.4) is 0 Å². The van der Waals surface area contributed by atoms with Crippen molar-refractivity contribution >= 4 is 12.0 Å². The van der Waals surface area contributed by atoms with E-state index in [9.17, 15) is 4.79 Å². The van der Waals surface area contributed by atoms with Gasteiger partial charge in [0.1, 0.15) is 18.4 Å². The fourth-order valence-electron chi connectivity index (χ4n) is 2.62. The molecule has 0 radical (unpaired) electrons. The number of nitrogens with zero attached hydrogens (tertiary/aromatic N) is 3. The molecule has 0 aliphatic heterocycles. The number of hydrogen-bond donors (Lipinski definition) is 1. The van der Waals surface area contributed by atoms with Crippen molar-refractivity contribution in [1.82, 2.24) is 20.1 Å². The molecule has 0 saturated carbocycles. The van der Waals surface area contributed by atoms with Crippen molar-refractivity contribution in [2.45, 2.75) is 12.6 Å². The Morgan fingerprint density at radius 2 is 1.96 bits per heavy atom.